The Labute approximate surface area is 126 Å². The van der Waals surface area contributed by atoms with E-state index in [4.69, 9.17) is 14.2 Å². The van der Waals surface area contributed by atoms with Crippen LogP contribution < -0.4 is 10.1 Å². The fourth-order valence-corrected chi connectivity index (χ4v) is 3.57. The van der Waals surface area contributed by atoms with Crippen molar-refractivity contribution in [3.05, 3.63) is 29.3 Å². The lowest BCUT2D eigenvalue weighted by atomic mass is 9.94. The van der Waals surface area contributed by atoms with E-state index >= 15 is 0 Å². The number of rotatable bonds is 6. The molecule has 0 radical (unpaired) electrons. The summed E-state index contributed by atoms with van der Waals surface area (Å²) in [7, 11) is 3.41. The van der Waals surface area contributed by atoms with Crippen LogP contribution in [0.5, 0.6) is 5.75 Å². The van der Waals surface area contributed by atoms with Gasteiger partial charge in [-0.2, -0.15) is 0 Å². The van der Waals surface area contributed by atoms with Crippen LogP contribution in [0.1, 0.15) is 43.4 Å². The molecule has 116 valence electrons. The predicted octanol–water partition coefficient (Wildman–Crippen LogP) is 2.81. The first kappa shape index (κ1) is 14.8. The molecule has 4 heteroatoms. The zero-order chi connectivity index (χ0) is 14.8. The van der Waals surface area contributed by atoms with E-state index in [-0.39, 0.29) is 0 Å². The number of benzene rings is 1. The zero-order valence-corrected chi connectivity index (χ0v) is 13.1. The summed E-state index contributed by atoms with van der Waals surface area (Å²) < 4.78 is 16.6. The number of methoxy groups -OCH3 is 2. The van der Waals surface area contributed by atoms with E-state index in [0.717, 1.165) is 17.7 Å². The van der Waals surface area contributed by atoms with Gasteiger partial charge in [0, 0.05) is 24.8 Å². The highest BCUT2D eigenvalue weighted by molar-refractivity contribution is 5.38. The van der Waals surface area contributed by atoms with Crippen LogP contribution in [0.15, 0.2) is 18.2 Å². The summed E-state index contributed by atoms with van der Waals surface area (Å²) in [5, 5.41) is 3.73. The van der Waals surface area contributed by atoms with Gasteiger partial charge in [-0.1, -0.05) is 6.07 Å². The van der Waals surface area contributed by atoms with Crippen LogP contribution in [0.4, 0.5) is 0 Å². The van der Waals surface area contributed by atoms with Gasteiger partial charge < -0.3 is 19.5 Å². The lowest BCUT2D eigenvalue weighted by Gasteiger charge is -2.25. The molecule has 1 aromatic rings. The Morgan fingerprint density at radius 2 is 2.19 bits per heavy atom. The summed E-state index contributed by atoms with van der Waals surface area (Å²) in [6.07, 6.45) is 4.48. The molecule has 0 aromatic heterocycles. The van der Waals surface area contributed by atoms with Crippen molar-refractivity contribution >= 4 is 0 Å². The molecule has 0 aliphatic carbocycles. The molecule has 21 heavy (non-hydrogen) atoms. The predicted molar refractivity (Wildman–Crippen MR) is 81.6 cm³/mol. The molecule has 2 heterocycles. The first-order valence-corrected chi connectivity index (χ1v) is 7.78. The first-order valence-electron chi connectivity index (χ1n) is 7.78. The van der Waals surface area contributed by atoms with Crippen LogP contribution in [-0.2, 0) is 16.1 Å². The minimum Gasteiger partial charge on any atom is -0.496 e. The number of hydrogen-bond donors (Lipinski definition) is 1. The Balaban J connectivity index is 1.69. The second-order valence-electron chi connectivity index (χ2n) is 6.11. The van der Waals surface area contributed by atoms with Gasteiger partial charge in [-0.3, -0.25) is 0 Å². The van der Waals surface area contributed by atoms with Crippen molar-refractivity contribution in [3.63, 3.8) is 0 Å². The molecule has 2 aliphatic rings. The van der Waals surface area contributed by atoms with Crippen molar-refractivity contribution in [3.8, 4) is 5.75 Å². The van der Waals surface area contributed by atoms with E-state index in [9.17, 15) is 0 Å². The Kier molecular flexibility index (Phi) is 4.48. The van der Waals surface area contributed by atoms with Crippen LogP contribution in [0.25, 0.3) is 0 Å². The van der Waals surface area contributed by atoms with E-state index in [0.29, 0.717) is 30.9 Å². The third-order valence-electron chi connectivity index (χ3n) is 4.67. The topological polar surface area (TPSA) is 39.7 Å². The lowest BCUT2D eigenvalue weighted by molar-refractivity contribution is 0.0962. The number of hydrogen-bond acceptors (Lipinski definition) is 4. The van der Waals surface area contributed by atoms with E-state index in [2.05, 4.69) is 24.4 Å². The van der Waals surface area contributed by atoms with Gasteiger partial charge in [0.1, 0.15) is 5.75 Å². The molecular weight excluding hydrogens is 266 g/mol. The molecule has 0 spiro atoms. The lowest BCUT2D eigenvalue weighted by Crippen LogP contribution is -2.39. The third-order valence-corrected chi connectivity index (χ3v) is 4.67. The fraction of sp³-hybridized carbons (Fsp3) is 0.647. The van der Waals surface area contributed by atoms with E-state index in [1.807, 2.05) is 6.07 Å². The third kappa shape index (κ3) is 3.07. The summed E-state index contributed by atoms with van der Waals surface area (Å²) in [5.41, 5.74) is 2.36. The van der Waals surface area contributed by atoms with Gasteiger partial charge in [0.25, 0.3) is 0 Å². The molecule has 2 saturated heterocycles. The molecule has 4 nitrogen and oxygen atoms in total. The van der Waals surface area contributed by atoms with Gasteiger partial charge in [0.05, 0.1) is 25.9 Å². The average molecular weight is 291 g/mol. The molecule has 0 saturated carbocycles. The minimum atomic E-state index is 0.305. The molecule has 4 atom stereocenters. The number of fused-ring (bicyclic) bond motifs is 2. The fourth-order valence-electron chi connectivity index (χ4n) is 3.57. The smallest absolute Gasteiger partial charge is 0.124 e. The van der Waals surface area contributed by atoms with Gasteiger partial charge in [-0.25, -0.2) is 0 Å². The van der Waals surface area contributed by atoms with E-state index < -0.39 is 0 Å². The summed E-state index contributed by atoms with van der Waals surface area (Å²) in [4.78, 5) is 0. The largest absolute Gasteiger partial charge is 0.496 e. The Morgan fingerprint density at radius 3 is 2.81 bits per heavy atom. The average Bonchev–Trinajstić information content (AvgIpc) is 3.10. The molecule has 1 aromatic carbocycles. The van der Waals surface area contributed by atoms with Gasteiger partial charge in [-0.05, 0) is 43.9 Å². The monoisotopic (exact) mass is 291 g/mol. The standard InChI is InChI=1S/C17H25NO3/c1-11(18-15-9-14-5-7-17(15)21-14)12-4-6-16(20-3)13(8-12)10-19-2/h4,6,8,11,14-15,17-18H,5,7,9-10H2,1-3H3. The molecule has 2 fully saturated rings. The maximum absolute atomic E-state index is 5.92. The maximum Gasteiger partial charge on any atom is 0.124 e. The van der Waals surface area contributed by atoms with Gasteiger partial charge >= 0.3 is 0 Å². The highest BCUT2D eigenvalue weighted by Gasteiger charge is 2.41. The SMILES string of the molecule is COCc1cc(C(C)NC2CC3CCC2O3)ccc1OC. The first-order chi connectivity index (χ1) is 10.2. The van der Waals surface area contributed by atoms with Crippen LogP contribution >= 0.6 is 0 Å². The van der Waals surface area contributed by atoms with Gasteiger partial charge in [-0.15, -0.1) is 0 Å². The van der Waals surface area contributed by atoms with Gasteiger partial charge in [0.15, 0.2) is 0 Å². The molecule has 0 amide bonds. The van der Waals surface area contributed by atoms with Gasteiger partial charge in [0.2, 0.25) is 0 Å². The van der Waals surface area contributed by atoms with Crippen molar-refractivity contribution in [2.24, 2.45) is 0 Å². The van der Waals surface area contributed by atoms with Crippen LogP contribution in [0.2, 0.25) is 0 Å². The highest BCUT2D eigenvalue weighted by atomic mass is 16.5. The van der Waals surface area contributed by atoms with E-state index in [1.165, 1.54) is 18.4 Å². The number of nitrogens with one attached hydrogen (secondary N) is 1. The van der Waals surface area contributed by atoms with Crippen LogP contribution in [-0.4, -0.2) is 32.5 Å². The quantitative estimate of drug-likeness (QED) is 0.875. The summed E-state index contributed by atoms with van der Waals surface area (Å²) in [6, 6.07) is 7.13. The van der Waals surface area contributed by atoms with Crippen molar-refractivity contribution in [1.82, 2.24) is 5.32 Å². The van der Waals surface area contributed by atoms with Crippen molar-refractivity contribution in [2.45, 2.75) is 57.1 Å². The summed E-state index contributed by atoms with van der Waals surface area (Å²) in [6.45, 7) is 2.78. The maximum atomic E-state index is 5.92. The molecule has 4 unspecified atom stereocenters. The van der Waals surface area contributed by atoms with Crippen molar-refractivity contribution < 1.29 is 14.2 Å². The van der Waals surface area contributed by atoms with E-state index in [1.54, 1.807) is 14.2 Å². The molecule has 2 bridgehead atoms. The number of ether oxygens (including phenoxy) is 3. The molecule has 3 rings (SSSR count). The summed E-state index contributed by atoms with van der Waals surface area (Å²) >= 11 is 0. The second kappa shape index (κ2) is 6.34. The Hall–Kier alpha value is -1.10. The van der Waals surface area contributed by atoms with Crippen LogP contribution in [0.3, 0.4) is 0 Å². The molecule has 1 N–H and O–H groups in total. The summed E-state index contributed by atoms with van der Waals surface area (Å²) in [5.74, 6) is 0.885. The zero-order valence-electron chi connectivity index (χ0n) is 13.1. The minimum absolute atomic E-state index is 0.305. The Bertz CT molecular complexity index is 491. The highest BCUT2D eigenvalue weighted by Crippen LogP contribution is 2.35. The molecule has 2 aliphatic heterocycles. The normalized spacial score (nSPS) is 28.8. The second-order valence-corrected chi connectivity index (χ2v) is 6.11. The Morgan fingerprint density at radius 1 is 1.33 bits per heavy atom. The van der Waals surface area contributed by atoms with Crippen LogP contribution in [0, 0.1) is 0 Å². The van der Waals surface area contributed by atoms with Crippen molar-refractivity contribution in [2.75, 3.05) is 14.2 Å². The molecular formula is C17H25NO3. The van der Waals surface area contributed by atoms with Crippen molar-refractivity contribution in [1.29, 1.82) is 0 Å².